The van der Waals surface area contributed by atoms with Crippen molar-refractivity contribution in [2.75, 3.05) is 20.2 Å². The van der Waals surface area contributed by atoms with Crippen molar-refractivity contribution in [3.63, 3.8) is 0 Å². The Bertz CT molecular complexity index is 731. The van der Waals surface area contributed by atoms with Crippen LogP contribution in [0.5, 0.6) is 5.75 Å². The zero-order chi connectivity index (χ0) is 18.9. The largest absolute Gasteiger partial charge is 0.497 e. The van der Waals surface area contributed by atoms with Crippen molar-refractivity contribution in [2.24, 2.45) is 0 Å². The van der Waals surface area contributed by atoms with Gasteiger partial charge in [-0.25, -0.2) is 0 Å². The summed E-state index contributed by atoms with van der Waals surface area (Å²) in [6.07, 6.45) is 0.665. The number of nitrogens with zero attached hydrogens (tertiary/aromatic N) is 1. The van der Waals surface area contributed by atoms with Gasteiger partial charge in [-0.1, -0.05) is 42.5 Å². The number of ether oxygens (including phenoxy) is 1. The van der Waals surface area contributed by atoms with Crippen molar-refractivity contribution in [2.45, 2.75) is 26.3 Å². The first-order chi connectivity index (χ1) is 12.5. The minimum absolute atomic E-state index is 0.0521. The summed E-state index contributed by atoms with van der Waals surface area (Å²) in [7, 11) is 1.62. The summed E-state index contributed by atoms with van der Waals surface area (Å²) in [5.41, 5.74) is 2.10. The van der Waals surface area contributed by atoms with E-state index >= 15 is 0 Å². The lowest BCUT2D eigenvalue weighted by Crippen LogP contribution is -2.41. The number of hydrogen-bond donors (Lipinski definition) is 1. The Kier molecular flexibility index (Phi) is 7.21. The van der Waals surface area contributed by atoms with Gasteiger partial charge in [0.05, 0.1) is 19.7 Å². The van der Waals surface area contributed by atoms with E-state index in [4.69, 9.17) is 4.74 Å². The number of rotatable bonds is 8. The molecule has 0 bridgehead atoms. The van der Waals surface area contributed by atoms with Crippen LogP contribution in [0.25, 0.3) is 0 Å². The molecule has 0 aliphatic carbocycles. The second-order valence-corrected chi connectivity index (χ2v) is 6.24. The van der Waals surface area contributed by atoms with Gasteiger partial charge in [0, 0.05) is 13.5 Å². The summed E-state index contributed by atoms with van der Waals surface area (Å²) in [5, 5.41) is 2.95. The molecule has 0 saturated heterocycles. The van der Waals surface area contributed by atoms with Gasteiger partial charge in [-0.2, -0.15) is 0 Å². The standard InChI is InChI=1S/C21H26N2O3/c1-16(19-9-5-4-6-10-19)22-21(25)15-23(17(2)24)13-12-18-8-7-11-20(14-18)26-3/h4-11,14,16H,12-13,15H2,1-3H3,(H,22,25). The zero-order valence-electron chi connectivity index (χ0n) is 15.6. The SMILES string of the molecule is COc1cccc(CCN(CC(=O)NC(C)c2ccccc2)C(C)=O)c1. The molecular formula is C21H26N2O3. The first-order valence-corrected chi connectivity index (χ1v) is 8.72. The van der Waals surface area contributed by atoms with E-state index in [2.05, 4.69) is 5.32 Å². The summed E-state index contributed by atoms with van der Waals surface area (Å²) in [6.45, 7) is 3.95. The number of methoxy groups -OCH3 is 1. The minimum Gasteiger partial charge on any atom is -0.497 e. The Hall–Kier alpha value is -2.82. The van der Waals surface area contributed by atoms with Gasteiger partial charge in [0.15, 0.2) is 0 Å². The molecule has 0 aliphatic heterocycles. The van der Waals surface area contributed by atoms with Crippen molar-refractivity contribution in [3.05, 3.63) is 65.7 Å². The fraction of sp³-hybridized carbons (Fsp3) is 0.333. The van der Waals surface area contributed by atoms with Gasteiger partial charge in [0.2, 0.25) is 11.8 Å². The number of benzene rings is 2. The third-order valence-electron chi connectivity index (χ3n) is 4.26. The van der Waals surface area contributed by atoms with E-state index in [-0.39, 0.29) is 24.4 Å². The maximum Gasteiger partial charge on any atom is 0.240 e. The second-order valence-electron chi connectivity index (χ2n) is 6.24. The fourth-order valence-corrected chi connectivity index (χ4v) is 2.73. The molecule has 1 atom stereocenters. The molecule has 138 valence electrons. The smallest absolute Gasteiger partial charge is 0.240 e. The highest BCUT2D eigenvalue weighted by Crippen LogP contribution is 2.14. The van der Waals surface area contributed by atoms with Crippen LogP contribution in [0, 0.1) is 0 Å². The average Bonchev–Trinajstić information content (AvgIpc) is 2.65. The minimum atomic E-state index is -0.165. The Morgan fingerprint density at radius 3 is 2.50 bits per heavy atom. The van der Waals surface area contributed by atoms with E-state index in [0.717, 1.165) is 16.9 Å². The third kappa shape index (κ3) is 5.92. The Morgan fingerprint density at radius 2 is 1.85 bits per heavy atom. The molecule has 2 rings (SSSR count). The van der Waals surface area contributed by atoms with Gasteiger partial charge >= 0.3 is 0 Å². The van der Waals surface area contributed by atoms with Crippen LogP contribution in [0.15, 0.2) is 54.6 Å². The predicted octanol–water partition coefficient (Wildman–Crippen LogP) is 2.96. The molecule has 1 N–H and O–H groups in total. The quantitative estimate of drug-likeness (QED) is 0.793. The molecule has 2 amide bonds. The van der Waals surface area contributed by atoms with Crippen LogP contribution in [0.1, 0.15) is 31.0 Å². The van der Waals surface area contributed by atoms with Gasteiger partial charge in [0.25, 0.3) is 0 Å². The second kappa shape index (κ2) is 9.61. The summed E-state index contributed by atoms with van der Waals surface area (Å²) in [6, 6.07) is 17.4. The summed E-state index contributed by atoms with van der Waals surface area (Å²) in [5.74, 6) is 0.504. The molecule has 2 aromatic rings. The van der Waals surface area contributed by atoms with Gasteiger partial charge in [0.1, 0.15) is 5.75 Å². The van der Waals surface area contributed by atoms with Crippen LogP contribution < -0.4 is 10.1 Å². The van der Waals surface area contributed by atoms with Crippen LogP contribution >= 0.6 is 0 Å². The highest BCUT2D eigenvalue weighted by molar-refractivity contribution is 5.84. The van der Waals surface area contributed by atoms with E-state index in [0.29, 0.717) is 13.0 Å². The van der Waals surface area contributed by atoms with E-state index < -0.39 is 0 Å². The number of carbonyl (C=O) groups is 2. The highest BCUT2D eigenvalue weighted by atomic mass is 16.5. The Labute approximate surface area is 155 Å². The van der Waals surface area contributed by atoms with E-state index in [1.807, 2.05) is 61.5 Å². The van der Waals surface area contributed by atoms with Crippen molar-refractivity contribution >= 4 is 11.8 Å². The number of hydrogen-bond acceptors (Lipinski definition) is 3. The molecule has 1 unspecified atom stereocenters. The molecule has 0 aromatic heterocycles. The maximum absolute atomic E-state index is 12.3. The summed E-state index contributed by atoms with van der Waals surface area (Å²) < 4.78 is 5.21. The third-order valence-corrected chi connectivity index (χ3v) is 4.26. The summed E-state index contributed by atoms with van der Waals surface area (Å²) in [4.78, 5) is 25.8. The van der Waals surface area contributed by atoms with Gasteiger partial charge in [-0.05, 0) is 36.6 Å². The first kappa shape index (κ1) is 19.5. The van der Waals surface area contributed by atoms with Crippen molar-refractivity contribution < 1.29 is 14.3 Å². The van der Waals surface area contributed by atoms with Crippen molar-refractivity contribution in [1.29, 1.82) is 0 Å². The Morgan fingerprint density at radius 1 is 1.12 bits per heavy atom. The fourth-order valence-electron chi connectivity index (χ4n) is 2.73. The highest BCUT2D eigenvalue weighted by Gasteiger charge is 2.16. The molecule has 0 radical (unpaired) electrons. The zero-order valence-corrected chi connectivity index (χ0v) is 15.6. The van der Waals surface area contributed by atoms with Crippen LogP contribution in [-0.4, -0.2) is 36.9 Å². The van der Waals surface area contributed by atoms with Gasteiger partial charge in [-0.3, -0.25) is 9.59 Å². The Balaban J connectivity index is 1.90. The lowest BCUT2D eigenvalue weighted by molar-refractivity contribution is -0.134. The van der Waals surface area contributed by atoms with Gasteiger partial charge < -0.3 is 15.0 Å². The lowest BCUT2D eigenvalue weighted by atomic mass is 10.1. The molecule has 0 aliphatic rings. The molecule has 0 fully saturated rings. The van der Waals surface area contributed by atoms with Crippen LogP contribution in [-0.2, 0) is 16.0 Å². The normalized spacial score (nSPS) is 11.5. The topological polar surface area (TPSA) is 58.6 Å². The molecule has 26 heavy (non-hydrogen) atoms. The molecule has 0 saturated carbocycles. The van der Waals surface area contributed by atoms with E-state index in [9.17, 15) is 9.59 Å². The van der Waals surface area contributed by atoms with Crippen molar-refractivity contribution in [3.8, 4) is 5.75 Å². The van der Waals surface area contributed by atoms with Crippen LogP contribution in [0.3, 0.4) is 0 Å². The van der Waals surface area contributed by atoms with Gasteiger partial charge in [-0.15, -0.1) is 0 Å². The number of carbonyl (C=O) groups excluding carboxylic acids is 2. The predicted molar refractivity (Wildman–Crippen MR) is 102 cm³/mol. The van der Waals surface area contributed by atoms with E-state index in [1.54, 1.807) is 12.0 Å². The van der Waals surface area contributed by atoms with Crippen LogP contribution in [0.4, 0.5) is 0 Å². The molecule has 5 nitrogen and oxygen atoms in total. The van der Waals surface area contributed by atoms with Crippen LogP contribution in [0.2, 0.25) is 0 Å². The molecular weight excluding hydrogens is 328 g/mol. The summed E-state index contributed by atoms with van der Waals surface area (Å²) >= 11 is 0. The molecule has 5 heteroatoms. The lowest BCUT2D eigenvalue weighted by Gasteiger charge is -2.22. The molecule has 2 aromatic carbocycles. The molecule has 0 heterocycles. The monoisotopic (exact) mass is 354 g/mol. The van der Waals surface area contributed by atoms with Crippen molar-refractivity contribution in [1.82, 2.24) is 10.2 Å². The van der Waals surface area contributed by atoms with E-state index in [1.165, 1.54) is 6.92 Å². The number of amides is 2. The maximum atomic E-state index is 12.3. The molecule has 0 spiro atoms. The number of nitrogens with one attached hydrogen (secondary N) is 1. The average molecular weight is 354 g/mol. The first-order valence-electron chi connectivity index (χ1n) is 8.72.